The van der Waals surface area contributed by atoms with Crippen molar-refractivity contribution in [3.05, 3.63) is 65.4 Å². The van der Waals surface area contributed by atoms with E-state index in [-0.39, 0.29) is 25.9 Å². The van der Waals surface area contributed by atoms with Crippen LogP contribution >= 0.6 is 0 Å². The van der Waals surface area contributed by atoms with E-state index in [0.717, 1.165) is 0 Å². The van der Waals surface area contributed by atoms with Gasteiger partial charge in [-0.1, -0.05) is 6.07 Å². The van der Waals surface area contributed by atoms with E-state index in [4.69, 9.17) is 9.47 Å². The number of rotatable bonds is 4. The number of carbonyl (C=O) groups is 1. The van der Waals surface area contributed by atoms with Gasteiger partial charge in [0.1, 0.15) is 11.6 Å². The number of hydrogen-bond donors (Lipinski definition) is 1. The number of aromatic nitrogens is 3. The highest BCUT2D eigenvalue weighted by Gasteiger charge is 2.15. The largest absolute Gasteiger partial charge is 0.467 e. The van der Waals surface area contributed by atoms with Gasteiger partial charge in [0.05, 0.1) is 13.2 Å². The minimum absolute atomic E-state index is 0.103. The zero-order valence-electron chi connectivity index (χ0n) is 13.7. The van der Waals surface area contributed by atoms with Gasteiger partial charge in [-0.15, -0.1) is 10.2 Å². The normalized spacial score (nSPS) is 13.6. The van der Waals surface area contributed by atoms with Crippen LogP contribution in [0.25, 0.3) is 11.7 Å². The Balaban J connectivity index is 1.46. The van der Waals surface area contributed by atoms with Crippen LogP contribution in [0, 0.1) is 5.82 Å². The van der Waals surface area contributed by atoms with Crippen LogP contribution in [0.4, 0.5) is 4.39 Å². The number of carbonyl (C=O) groups excluding carboxylic acids is 1. The molecule has 0 bridgehead atoms. The molecule has 0 unspecified atom stereocenters. The fraction of sp³-hybridized carbons (Fsp3) is 0.167. The molecule has 132 valence electrons. The molecule has 26 heavy (non-hydrogen) atoms. The number of halogens is 1. The van der Waals surface area contributed by atoms with E-state index in [1.807, 2.05) is 24.4 Å². The third kappa shape index (κ3) is 3.27. The second kappa shape index (κ2) is 6.93. The van der Waals surface area contributed by atoms with Gasteiger partial charge < -0.3 is 14.8 Å². The molecule has 3 aromatic rings. The standard InChI is InChI=1S/C18H15FN4O3/c19-14-7-12(18-13(8-14)10-25-11-26-18)4-5-17(24)20-9-16-22-21-15-3-1-2-6-23(15)16/h1-8H,9-11H2,(H,20,24). The van der Waals surface area contributed by atoms with Crippen molar-refractivity contribution < 1.29 is 18.7 Å². The molecule has 0 radical (unpaired) electrons. The highest BCUT2D eigenvalue weighted by Crippen LogP contribution is 2.30. The Hall–Kier alpha value is -3.26. The van der Waals surface area contributed by atoms with E-state index in [1.165, 1.54) is 24.3 Å². The van der Waals surface area contributed by atoms with Gasteiger partial charge >= 0.3 is 0 Å². The molecule has 7 nitrogen and oxygen atoms in total. The van der Waals surface area contributed by atoms with Crippen LogP contribution in [0.15, 0.2) is 42.6 Å². The SMILES string of the molecule is O=C(C=Cc1cc(F)cc2c1OCOC2)NCc1nnc2ccccn12. The first-order valence-electron chi connectivity index (χ1n) is 7.98. The van der Waals surface area contributed by atoms with E-state index >= 15 is 0 Å². The minimum atomic E-state index is -0.409. The van der Waals surface area contributed by atoms with Crippen LogP contribution in [0.3, 0.4) is 0 Å². The molecule has 1 aliphatic heterocycles. The van der Waals surface area contributed by atoms with Gasteiger partial charge in [0.15, 0.2) is 18.3 Å². The van der Waals surface area contributed by atoms with Gasteiger partial charge in [-0.05, 0) is 30.3 Å². The predicted molar refractivity (Wildman–Crippen MR) is 90.6 cm³/mol. The smallest absolute Gasteiger partial charge is 0.244 e. The molecule has 1 aromatic carbocycles. The van der Waals surface area contributed by atoms with Crippen molar-refractivity contribution in [1.82, 2.24) is 19.9 Å². The Bertz CT molecular complexity index is 999. The second-order valence-electron chi connectivity index (χ2n) is 5.69. The molecule has 2 aromatic heterocycles. The Labute approximate surface area is 148 Å². The number of hydrogen-bond acceptors (Lipinski definition) is 5. The third-order valence-electron chi connectivity index (χ3n) is 3.92. The number of ether oxygens (including phenoxy) is 2. The second-order valence-corrected chi connectivity index (χ2v) is 5.69. The van der Waals surface area contributed by atoms with E-state index < -0.39 is 5.82 Å². The Morgan fingerprint density at radius 1 is 1.35 bits per heavy atom. The summed E-state index contributed by atoms with van der Waals surface area (Å²) in [7, 11) is 0. The van der Waals surface area contributed by atoms with Crippen molar-refractivity contribution in [3.8, 4) is 5.75 Å². The first-order chi connectivity index (χ1) is 12.7. The van der Waals surface area contributed by atoms with Crippen LogP contribution in [0.2, 0.25) is 0 Å². The topological polar surface area (TPSA) is 77.8 Å². The van der Waals surface area contributed by atoms with Gasteiger partial charge in [-0.2, -0.15) is 0 Å². The summed E-state index contributed by atoms with van der Waals surface area (Å²) in [5.74, 6) is 0.409. The van der Waals surface area contributed by atoms with E-state index in [2.05, 4.69) is 15.5 Å². The zero-order chi connectivity index (χ0) is 17.9. The number of fused-ring (bicyclic) bond motifs is 2. The maximum absolute atomic E-state index is 13.7. The van der Waals surface area contributed by atoms with Crippen molar-refractivity contribution in [1.29, 1.82) is 0 Å². The maximum Gasteiger partial charge on any atom is 0.244 e. The lowest BCUT2D eigenvalue weighted by molar-refractivity contribution is -0.116. The molecular formula is C18H15FN4O3. The van der Waals surface area contributed by atoms with E-state index in [1.54, 1.807) is 4.40 Å². The highest BCUT2D eigenvalue weighted by molar-refractivity contribution is 5.92. The van der Waals surface area contributed by atoms with Gasteiger partial charge in [-0.25, -0.2) is 4.39 Å². The first-order valence-corrected chi connectivity index (χ1v) is 7.98. The Kier molecular flexibility index (Phi) is 4.32. The maximum atomic E-state index is 13.7. The lowest BCUT2D eigenvalue weighted by atomic mass is 10.1. The molecule has 0 saturated carbocycles. The minimum Gasteiger partial charge on any atom is -0.467 e. The highest BCUT2D eigenvalue weighted by atomic mass is 19.1. The summed E-state index contributed by atoms with van der Waals surface area (Å²) in [5, 5.41) is 10.8. The monoisotopic (exact) mass is 354 g/mol. The van der Waals surface area contributed by atoms with Crippen molar-refractivity contribution >= 4 is 17.6 Å². The summed E-state index contributed by atoms with van der Waals surface area (Å²) in [4.78, 5) is 12.1. The molecule has 1 N–H and O–H groups in total. The van der Waals surface area contributed by atoms with E-state index in [9.17, 15) is 9.18 Å². The van der Waals surface area contributed by atoms with Crippen LogP contribution < -0.4 is 10.1 Å². The van der Waals surface area contributed by atoms with Crippen molar-refractivity contribution in [2.75, 3.05) is 6.79 Å². The summed E-state index contributed by atoms with van der Waals surface area (Å²) in [5.41, 5.74) is 1.82. The zero-order valence-corrected chi connectivity index (χ0v) is 13.7. The number of pyridine rings is 1. The molecule has 0 spiro atoms. The summed E-state index contributed by atoms with van der Waals surface area (Å²) in [6.07, 6.45) is 4.67. The summed E-state index contributed by atoms with van der Waals surface area (Å²) in [6, 6.07) is 8.23. The Morgan fingerprint density at radius 2 is 2.27 bits per heavy atom. The first kappa shape index (κ1) is 16.2. The molecule has 0 fully saturated rings. The van der Waals surface area contributed by atoms with Crippen LogP contribution in [0.5, 0.6) is 5.75 Å². The van der Waals surface area contributed by atoms with Crippen LogP contribution in [0.1, 0.15) is 17.0 Å². The third-order valence-corrected chi connectivity index (χ3v) is 3.92. The van der Waals surface area contributed by atoms with E-state index in [0.29, 0.717) is 28.3 Å². The molecule has 1 amide bonds. The molecule has 0 aliphatic carbocycles. The average molecular weight is 354 g/mol. The predicted octanol–water partition coefficient (Wildman–Crippen LogP) is 2.06. The fourth-order valence-electron chi connectivity index (χ4n) is 2.73. The molecule has 0 saturated heterocycles. The molecule has 0 atom stereocenters. The fourth-order valence-corrected chi connectivity index (χ4v) is 2.73. The summed E-state index contributed by atoms with van der Waals surface area (Å²) < 4.78 is 26.0. The number of nitrogens with zero attached hydrogens (tertiary/aromatic N) is 3. The van der Waals surface area contributed by atoms with Gasteiger partial charge in [-0.3, -0.25) is 9.20 Å². The molecular weight excluding hydrogens is 339 g/mol. The molecule has 8 heteroatoms. The van der Waals surface area contributed by atoms with Crippen molar-refractivity contribution in [2.24, 2.45) is 0 Å². The number of amides is 1. The van der Waals surface area contributed by atoms with Gasteiger partial charge in [0.2, 0.25) is 5.91 Å². The molecule has 4 rings (SSSR count). The lowest BCUT2D eigenvalue weighted by Gasteiger charge is -2.19. The molecule has 1 aliphatic rings. The molecule has 3 heterocycles. The number of nitrogens with one attached hydrogen (secondary N) is 1. The summed E-state index contributed by atoms with van der Waals surface area (Å²) in [6.45, 7) is 0.603. The lowest BCUT2D eigenvalue weighted by Crippen LogP contribution is -2.21. The quantitative estimate of drug-likeness (QED) is 0.726. The Morgan fingerprint density at radius 3 is 3.19 bits per heavy atom. The van der Waals surface area contributed by atoms with Crippen LogP contribution in [-0.4, -0.2) is 27.3 Å². The van der Waals surface area contributed by atoms with Crippen LogP contribution in [-0.2, 0) is 22.7 Å². The van der Waals surface area contributed by atoms with Gasteiger partial charge in [0, 0.05) is 23.4 Å². The average Bonchev–Trinajstić information content (AvgIpc) is 3.07. The summed E-state index contributed by atoms with van der Waals surface area (Å²) >= 11 is 0. The number of benzene rings is 1. The van der Waals surface area contributed by atoms with Crippen molar-refractivity contribution in [3.63, 3.8) is 0 Å². The van der Waals surface area contributed by atoms with Crippen molar-refractivity contribution in [2.45, 2.75) is 13.2 Å². The van der Waals surface area contributed by atoms with Gasteiger partial charge in [0.25, 0.3) is 0 Å².